The van der Waals surface area contributed by atoms with Gasteiger partial charge in [0.1, 0.15) is 5.52 Å². The van der Waals surface area contributed by atoms with Gasteiger partial charge in [-0.3, -0.25) is 14.8 Å². The van der Waals surface area contributed by atoms with Gasteiger partial charge in [-0.2, -0.15) is 23.3 Å². The van der Waals surface area contributed by atoms with Gasteiger partial charge in [0.25, 0.3) is 0 Å². The van der Waals surface area contributed by atoms with Crippen LogP contribution in [0.5, 0.6) is 5.75 Å². The number of anilines is 3. The van der Waals surface area contributed by atoms with Gasteiger partial charge >= 0.3 is 12.1 Å². The van der Waals surface area contributed by atoms with Crippen molar-refractivity contribution < 1.29 is 32.6 Å². The van der Waals surface area contributed by atoms with E-state index in [-0.39, 0.29) is 34.8 Å². The van der Waals surface area contributed by atoms with E-state index < -0.39 is 23.5 Å². The second-order valence-electron chi connectivity index (χ2n) is 10.0. The summed E-state index contributed by atoms with van der Waals surface area (Å²) >= 11 is 0. The van der Waals surface area contributed by atoms with Gasteiger partial charge in [0, 0.05) is 29.4 Å². The maximum absolute atomic E-state index is 13.7. The minimum atomic E-state index is -4.66. The first-order valence-electron chi connectivity index (χ1n) is 13.2. The van der Waals surface area contributed by atoms with Crippen LogP contribution in [0.4, 0.5) is 30.6 Å². The highest BCUT2D eigenvalue weighted by molar-refractivity contribution is 5.94. The summed E-state index contributed by atoms with van der Waals surface area (Å²) in [5, 5.41) is 23.6. The van der Waals surface area contributed by atoms with Crippen LogP contribution in [0.1, 0.15) is 34.3 Å². The molecule has 2 aromatic carbocycles. The molecule has 11 nitrogen and oxygen atoms in total. The molecular formula is C29H24F3N7O4. The molecule has 0 bridgehead atoms. The zero-order valence-electron chi connectivity index (χ0n) is 22.6. The number of carboxylic acid groups (broad SMARTS) is 1. The lowest BCUT2D eigenvalue weighted by Gasteiger charge is -2.17. The van der Waals surface area contributed by atoms with Gasteiger partial charge in [0.05, 0.1) is 36.7 Å². The van der Waals surface area contributed by atoms with Crippen molar-refractivity contribution >= 4 is 34.8 Å². The molecule has 1 fully saturated rings. The number of rotatable bonds is 9. The van der Waals surface area contributed by atoms with E-state index in [2.05, 4.69) is 25.8 Å². The van der Waals surface area contributed by atoms with Crippen molar-refractivity contribution in [3.63, 3.8) is 0 Å². The van der Waals surface area contributed by atoms with Crippen molar-refractivity contribution in [1.82, 2.24) is 24.4 Å². The van der Waals surface area contributed by atoms with E-state index in [9.17, 15) is 22.8 Å². The molecule has 3 heterocycles. The molecule has 3 aromatic heterocycles. The molecule has 0 aliphatic heterocycles. The normalized spacial score (nSPS) is 13.2. The number of aromatic carboxylic acids is 1. The molecule has 0 atom stereocenters. The highest BCUT2D eigenvalue weighted by Crippen LogP contribution is 2.42. The van der Waals surface area contributed by atoms with Crippen LogP contribution in [0.15, 0.2) is 67.1 Å². The lowest BCUT2D eigenvalue weighted by Crippen LogP contribution is -2.17. The number of fused-ring (bicyclic) bond motifs is 1. The molecule has 5 aromatic rings. The summed E-state index contributed by atoms with van der Waals surface area (Å²) in [6.45, 7) is 0.367. The number of carbonyl (C=O) groups is 2. The van der Waals surface area contributed by atoms with Crippen LogP contribution in [0, 0.1) is 5.92 Å². The van der Waals surface area contributed by atoms with Crippen molar-refractivity contribution in [1.29, 1.82) is 0 Å². The Kier molecular flexibility index (Phi) is 6.96. The molecule has 0 radical (unpaired) electrons. The van der Waals surface area contributed by atoms with Crippen LogP contribution in [0.2, 0.25) is 0 Å². The van der Waals surface area contributed by atoms with E-state index in [1.54, 1.807) is 41.5 Å². The first-order chi connectivity index (χ1) is 20.6. The summed E-state index contributed by atoms with van der Waals surface area (Å²) in [7, 11) is 1.15. The largest absolute Gasteiger partial charge is 0.494 e. The second-order valence-corrected chi connectivity index (χ2v) is 10.0. The number of benzene rings is 2. The van der Waals surface area contributed by atoms with Crippen molar-refractivity contribution in [2.75, 3.05) is 17.7 Å². The number of aromatic nitrogens is 5. The molecule has 1 aliphatic rings. The van der Waals surface area contributed by atoms with Crippen LogP contribution in [0.25, 0.3) is 16.6 Å². The molecule has 220 valence electrons. The number of hydrogen-bond acceptors (Lipinski definition) is 7. The van der Waals surface area contributed by atoms with Gasteiger partial charge in [0.2, 0.25) is 11.9 Å². The van der Waals surface area contributed by atoms with Gasteiger partial charge in [0.15, 0.2) is 11.6 Å². The second kappa shape index (κ2) is 10.8. The van der Waals surface area contributed by atoms with Crippen molar-refractivity contribution in [3.8, 4) is 16.9 Å². The molecule has 43 heavy (non-hydrogen) atoms. The van der Waals surface area contributed by atoms with Crippen LogP contribution in [-0.4, -0.2) is 48.5 Å². The smallest absolute Gasteiger partial charge is 0.420 e. The number of amides is 1. The van der Waals surface area contributed by atoms with Crippen LogP contribution in [0.3, 0.4) is 0 Å². The maximum atomic E-state index is 13.7. The van der Waals surface area contributed by atoms with E-state index in [0.717, 1.165) is 31.6 Å². The Hall–Kier alpha value is -5.40. The zero-order chi connectivity index (χ0) is 30.3. The fourth-order valence-corrected chi connectivity index (χ4v) is 4.69. The summed E-state index contributed by atoms with van der Waals surface area (Å²) in [6.07, 6.45) is 1.92. The molecule has 3 N–H and O–H groups in total. The van der Waals surface area contributed by atoms with Crippen LogP contribution in [-0.2, 0) is 17.5 Å². The van der Waals surface area contributed by atoms with Gasteiger partial charge in [-0.25, -0.2) is 9.31 Å². The highest BCUT2D eigenvalue weighted by Gasteiger charge is 2.35. The van der Waals surface area contributed by atoms with Gasteiger partial charge < -0.3 is 15.2 Å². The zero-order valence-corrected chi connectivity index (χ0v) is 22.6. The van der Waals surface area contributed by atoms with Gasteiger partial charge in [-0.1, -0.05) is 18.2 Å². The summed E-state index contributed by atoms with van der Waals surface area (Å²) < 4.78 is 49.5. The summed E-state index contributed by atoms with van der Waals surface area (Å²) in [5.41, 5.74) is 1.79. The molecule has 1 amide bonds. The number of carboxylic acids is 1. The standard InChI is InChI=1S/C29H24F3N7O4/c1-43-24-21(29(30,31)32)3-2-4-22(24)34-25-23-20(11-12-39(23)37-28(35-25)36-26(40)17-9-10-17)19-13-33-38(15-19)14-16-5-7-18(8-6-16)27(41)42/h2-8,11-13,15,17H,9-10,14H2,1H3,(H,41,42)(H2,34,35,36,37,40). The van der Waals surface area contributed by atoms with Crippen LogP contribution >= 0.6 is 0 Å². The lowest BCUT2D eigenvalue weighted by molar-refractivity contribution is -0.138. The summed E-state index contributed by atoms with van der Waals surface area (Å²) in [4.78, 5) is 28.1. The topological polar surface area (TPSA) is 136 Å². The minimum Gasteiger partial charge on any atom is -0.494 e. The minimum absolute atomic E-state index is 0.0134. The fraction of sp³-hybridized carbons (Fsp3) is 0.207. The molecule has 0 spiro atoms. The number of ether oxygens (including phenoxy) is 1. The Morgan fingerprint density at radius 1 is 1.12 bits per heavy atom. The number of halogens is 3. The average molecular weight is 592 g/mol. The fourth-order valence-electron chi connectivity index (χ4n) is 4.69. The Labute approximate surface area is 241 Å². The summed E-state index contributed by atoms with van der Waals surface area (Å²) in [6, 6.07) is 11.8. The first kappa shape index (κ1) is 27.8. The molecule has 0 unspecified atom stereocenters. The lowest BCUT2D eigenvalue weighted by atomic mass is 10.1. The molecule has 1 aliphatic carbocycles. The average Bonchev–Trinajstić information content (AvgIpc) is 3.59. The van der Waals surface area contributed by atoms with Crippen molar-refractivity contribution in [2.45, 2.75) is 25.6 Å². The Morgan fingerprint density at radius 2 is 1.88 bits per heavy atom. The molecule has 6 rings (SSSR count). The van der Waals surface area contributed by atoms with E-state index in [4.69, 9.17) is 9.84 Å². The number of carbonyl (C=O) groups excluding carboxylic acids is 1. The first-order valence-corrected chi connectivity index (χ1v) is 13.2. The SMILES string of the molecule is COc1c(Nc2nc(NC(=O)C3CC3)nn3ccc(-c4cnn(Cc5ccc(C(=O)O)cc5)c4)c23)cccc1C(F)(F)F. The number of nitrogens with one attached hydrogen (secondary N) is 2. The number of methoxy groups -OCH3 is 1. The Bertz CT molecular complexity index is 1840. The quantitative estimate of drug-likeness (QED) is 0.206. The van der Waals surface area contributed by atoms with Gasteiger partial charge in [-0.15, -0.1) is 5.10 Å². The monoisotopic (exact) mass is 591 g/mol. The van der Waals surface area contributed by atoms with E-state index >= 15 is 0 Å². The Balaban J connectivity index is 1.39. The molecule has 1 saturated carbocycles. The number of hydrogen-bond donors (Lipinski definition) is 3. The third-order valence-corrected chi connectivity index (χ3v) is 6.96. The third-order valence-electron chi connectivity index (χ3n) is 6.96. The van der Waals surface area contributed by atoms with Gasteiger partial charge in [-0.05, 0) is 48.7 Å². The number of alkyl halides is 3. The van der Waals surface area contributed by atoms with Crippen LogP contribution < -0.4 is 15.4 Å². The maximum Gasteiger partial charge on any atom is 0.420 e. The van der Waals surface area contributed by atoms with Crippen molar-refractivity contribution in [2.24, 2.45) is 5.92 Å². The highest BCUT2D eigenvalue weighted by atomic mass is 19.4. The van der Waals surface area contributed by atoms with E-state index in [1.807, 2.05) is 0 Å². The predicted molar refractivity (Wildman–Crippen MR) is 149 cm³/mol. The number of para-hydroxylation sites is 1. The van der Waals surface area contributed by atoms with E-state index in [1.165, 1.54) is 28.8 Å². The Morgan fingerprint density at radius 3 is 2.56 bits per heavy atom. The molecular weight excluding hydrogens is 567 g/mol. The van der Waals surface area contributed by atoms with Crippen molar-refractivity contribution in [3.05, 3.63) is 83.8 Å². The summed E-state index contributed by atoms with van der Waals surface area (Å²) in [5.74, 6) is -1.66. The van der Waals surface area contributed by atoms with E-state index in [0.29, 0.717) is 23.2 Å². The number of nitrogens with zero attached hydrogens (tertiary/aromatic N) is 5. The molecule has 0 saturated heterocycles. The third kappa shape index (κ3) is 5.71. The predicted octanol–water partition coefficient (Wildman–Crippen LogP) is 5.46. The molecule has 14 heteroatoms.